The van der Waals surface area contributed by atoms with Crippen LogP contribution >= 0.6 is 0 Å². The predicted molar refractivity (Wildman–Crippen MR) is 192 cm³/mol. The molecular formula is C37H43F2N5O5Si. The van der Waals surface area contributed by atoms with Crippen LogP contribution in [0.4, 0.5) is 19.3 Å². The van der Waals surface area contributed by atoms with E-state index in [-0.39, 0.29) is 30.1 Å². The number of hydrogen-bond acceptors (Lipinski definition) is 6. The molecule has 0 aliphatic heterocycles. The summed E-state index contributed by atoms with van der Waals surface area (Å²) in [6.07, 6.45) is 4.53. The van der Waals surface area contributed by atoms with Gasteiger partial charge in [-0.3, -0.25) is 18.8 Å². The summed E-state index contributed by atoms with van der Waals surface area (Å²) < 4.78 is 43.0. The number of anilines is 1. The highest BCUT2D eigenvalue weighted by molar-refractivity contribution is 6.76. The SMILES string of the molecule is CCc1ccc2c(c1)cc(-c1cc(C(=O)Nc3cnn(Cc4ccc(F)c(F)c4)c3)cn(COCC[Si](C)(C)C)c1=O)n2C(=O)OC(C)(C)C. The zero-order valence-electron chi connectivity index (χ0n) is 29.5. The minimum atomic E-state index is -1.41. The Balaban J connectivity index is 1.54. The molecule has 0 saturated carbocycles. The molecule has 1 N–H and O–H groups in total. The van der Waals surface area contributed by atoms with E-state index in [0.29, 0.717) is 23.4 Å². The second kappa shape index (κ2) is 14.5. The van der Waals surface area contributed by atoms with Gasteiger partial charge in [-0.15, -0.1) is 0 Å². The number of nitrogens with zero attached hydrogens (tertiary/aromatic N) is 4. The molecule has 2 aromatic carbocycles. The highest BCUT2D eigenvalue weighted by Crippen LogP contribution is 2.30. The minimum Gasteiger partial charge on any atom is -0.443 e. The van der Waals surface area contributed by atoms with Gasteiger partial charge in [0, 0.05) is 32.5 Å². The van der Waals surface area contributed by atoms with E-state index in [1.165, 1.54) is 38.3 Å². The molecule has 0 atom stereocenters. The summed E-state index contributed by atoms with van der Waals surface area (Å²) in [6, 6.07) is 13.4. The molecule has 0 unspecified atom stereocenters. The average Bonchev–Trinajstić information content (AvgIpc) is 3.63. The summed E-state index contributed by atoms with van der Waals surface area (Å²) in [5.41, 5.74) is 1.71. The number of aryl methyl sites for hydroxylation is 1. The van der Waals surface area contributed by atoms with E-state index in [0.717, 1.165) is 35.5 Å². The molecule has 5 rings (SSSR count). The van der Waals surface area contributed by atoms with Gasteiger partial charge >= 0.3 is 6.09 Å². The summed E-state index contributed by atoms with van der Waals surface area (Å²) in [5.74, 6) is -2.45. The average molecular weight is 704 g/mol. The van der Waals surface area contributed by atoms with Crippen LogP contribution in [0, 0.1) is 11.6 Å². The first-order valence-corrected chi connectivity index (χ1v) is 20.2. The van der Waals surface area contributed by atoms with Crippen molar-refractivity contribution in [1.82, 2.24) is 18.9 Å². The third-order valence-corrected chi connectivity index (χ3v) is 9.63. The molecule has 0 bridgehead atoms. The van der Waals surface area contributed by atoms with Crippen LogP contribution in [0.15, 0.2) is 71.9 Å². The van der Waals surface area contributed by atoms with Gasteiger partial charge in [-0.2, -0.15) is 5.10 Å². The van der Waals surface area contributed by atoms with Crippen molar-refractivity contribution in [2.45, 2.75) is 78.7 Å². The molecule has 0 radical (unpaired) electrons. The quantitative estimate of drug-likeness (QED) is 0.111. The van der Waals surface area contributed by atoms with E-state index in [9.17, 15) is 23.2 Å². The van der Waals surface area contributed by atoms with E-state index in [2.05, 4.69) is 30.1 Å². The van der Waals surface area contributed by atoms with E-state index in [1.54, 1.807) is 33.0 Å². The van der Waals surface area contributed by atoms with Crippen molar-refractivity contribution in [2.75, 3.05) is 11.9 Å². The number of rotatable bonds is 11. The van der Waals surface area contributed by atoms with Gasteiger partial charge in [0.05, 0.1) is 40.8 Å². The summed E-state index contributed by atoms with van der Waals surface area (Å²) in [7, 11) is -1.41. The molecule has 0 aliphatic rings. The Morgan fingerprint density at radius 3 is 2.38 bits per heavy atom. The molecule has 0 fully saturated rings. The first-order valence-electron chi connectivity index (χ1n) is 16.5. The zero-order chi connectivity index (χ0) is 36.4. The monoisotopic (exact) mass is 703 g/mol. The van der Waals surface area contributed by atoms with Crippen LogP contribution in [0.5, 0.6) is 0 Å². The van der Waals surface area contributed by atoms with Gasteiger partial charge in [-0.1, -0.05) is 38.7 Å². The summed E-state index contributed by atoms with van der Waals surface area (Å²) in [6.45, 7) is 14.5. The van der Waals surface area contributed by atoms with E-state index >= 15 is 0 Å². The van der Waals surface area contributed by atoms with Gasteiger partial charge in [0.15, 0.2) is 11.6 Å². The number of halogens is 2. The topological polar surface area (TPSA) is 109 Å². The fraction of sp³-hybridized carbons (Fsp3) is 0.351. The number of ether oxygens (including phenoxy) is 2. The molecule has 10 nitrogen and oxygen atoms in total. The lowest BCUT2D eigenvalue weighted by molar-refractivity contribution is 0.0547. The number of amides is 1. The second-order valence-electron chi connectivity index (χ2n) is 14.5. The highest BCUT2D eigenvalue weighted by Gasteiger charge is 2.26. The van der Waals surface area contributed by atoms with Crippen LogP contribution in [0.25, 0.3) is 22.2 Å². The number of hydrogen-bond donors (Lipinski definition) is 1. The molecule has 50 heavy (non-hydrogen) atoms. The number of fused-ring (bicyclic) bond motifs is 1. The number of pyridine rings is 1. The fourth-order valence-corrected chi connectivity index (χ4v) is 6.07. The largest absolute Gasteiger partial charge is 0.443 e. The third kappa shape index (κ3) is 8.82. The van der Waals surface area contributed by atoms with Gasteiger partial charge in [0.2, 0.25) is 0 Å². The van der Waals surface area contributed by atoms with Crippen molar-refractivity contribution in [2.24, 2.45) is 0 Å². The molecule has 1 amide bonds. The van der Waals surface area contributed by atoms with Crippen molar-refractivity contribution in [3.05, 3.63) is 106 Å². The molecule has 3 heterocycles. The predicted octanol–water partition coefficient (Wildman–Crippen LogP) is 7.90. The molecule has 0 spiro atoms. The Morgan fingerprint density at radius 2 is 1.70 bits per heavy atom. The van der Waals surface area contributed by atoms with Crippen LogP contribution in [0.3, 0.4) is 0 Å². The Labute approximate surface area is 290 Å². The van der Waals surface area contributed by atoms with Crippen molar-refractivity contribution < 1.29 is 27.8 Å². The zero-order valence-corrected chi connectivity index (χ0v) is 30.5. The minimum absolute atomic E-state index is 0.101. The third-order valence-electron chi connectivity index (χ3n) is 7.92. The van der Waals surface area contributed by atoms with E-state index in [1.807, 2.05) is 25.1 Å². The van der Waals surface area contributed by atoms with E-state index in [4.69, 9.17) is 9.47 Å². The standard InChI is InChI=1S/C37H43F2N5O5Si/c1-8-24-10-12-32-26(15-24)18-33(44(32)36(47)49-37(2,3)4)29-17-27(21-42(35(29)46)23-48-13-14-50(5,6)7)34(45)41-28-19-40-43(22-28)20-25-9-11-30(38)31(39)16-25/h9-12,15-19,21-22H,8,13-14,20,23H2,1-7H3,(H,41,45). The maximum atomic E-state index is 14.1. The lowest BCUT2D eigenvalue weighted by Crippen LogP contribution is -2.30. The Kier molecular flexibility index (Phi) is 10.6. The molecule has 3 aromatic heterocycles. The Hall–Kier alpha value is -4.88. The van der Waals surface area contributed by atoms with Crippen molar-refractivity contribution in [3.8, 4) is 11.3 Å². The number of carbonyl (C=O) groups is 2. The molecule has 13 heteroatoms. The Bertz CT molecular complexity index is 2110. The Morgan fingerprint density at radius 1 is 0.960 bits per heavy atom. The first kappa shape index (κ1) is 36.4. The maximum absolute atomic E-state index is 14.1. The molecule has 264 valence electrons. The highest BCUT2D eigenvalue weighted by atomic mass is 28.3. The summed E-state index contributed by atoms with van der Waals surface area (Å²) in [5, 5.41) is 7.78. The normalized spacial score (nSPS) is 12.0. The molecule has 0 aliphatic carbocycles. The van der Waals surface area contributed by atoms with E-state index < -0.39 is 42.9 Å². The van der Waals surface area contributed by atoms with Crippen LogP contribution < -0.4 is 10.9 Å². The van der Waals surface area contributed by atoms with Gasteiger partial charge in [0.25, 0.3) is 11.5 Å². The molecular weight excluding hydrogens is 661 g/mol. The number of aromatic nitrogens is 4. The summed E-state index contributed by atoms with van der Waals surface area (Å²) in [4.78, 5) is 41.5. The van der Waals surface area contributed by atoms with Crippen LogP contribution in [0.2, 0.25) is 25.7 Å². The second-order valence-corrected chi connectivity index (χ2v) is 20.1. The van der Waals surface area contributed by atoms with Crippen molar-refractivity contribution in [3.63, 3.8) is 0 Å². The smallest absolute Gasteiger partial charge is 0.419 e. The lowest BCUT2D eigenvalue weighted by atomic mass is 10.1. The number of benzene rings is 2. The van der Waals surface area contributed by atoms with Gasteiger partial charge in [0.1, 0.15) is 12.3 Å². The maximum Gasteiger partial charge on any atom is 0.419 e. The van der Waals surface area contributed by atoms with Crippen molar-refractivity contribution in [1.29, 1.82) is 0 Å². The first-order chi connectivity index (χ1) is 23.5. The van der Waals surface area contributed by atoms with Gasteiger partial charge in [-0.25, -0.2) is 18.1 Å². The lowest BCUT2D eigenvalue weighted by Gasteiger charge is -2.21. The van der Waals surface area contributed by atoms with Crippen LogP contribution in [-0.2, 0) is 29.2 Å². The molecule has 5 aromatic rings. The number of nitrogens with one attached hydrogen (secondary N) is 1. The summed E-state index contributed by atoms with van der Waals surface area (Å²) >= 11 is 0. The fourth-order valence-electron chi connectivity index (χ4n) is 5.31. The van der Waals surface area contributed by atoms with Crippen molar-refractivity contribution >= 4 is 36.7 Å². The molecule has 0 saturated heterocycles. The number of carbonyl (C=O) groups excluding carboxylic acids is 2. The van der Waals surface area contributed by atoms with Crippen LogP contribution in [0.1, 0.15) is 49.2 Å². The van der Waals surface area contributed by atoms with Crippen LogP contribution in [-0.4, -0.2) is 51.2 Å². The van der Waals surface area contributed by atoms with Gasteiger partial charge < -0.3 is 14.8 Å². The van der Waals surface area contributed by atoms with Gasteiger partial charge in [-0.05, 0) is 80.8 Å².